The van der Waals surface area contributed by atoms with Crippen molar-refractivity contribution in [2.24, 2.45) is 5.41 Å². The Morgan fingerprint density at radius 1 is 1.29 bits per heavy atom. The lowest BCUT2D eigenvalue weighted by Crippen LogP contribution is -2.18. The maximum Gasteiger partial charge on any atom is 0.0346 e. The maximum atomic E-state index is 3.53. The molecule has 0 radical (unpaired) electrons. The molecule has 21 heavy (non-hydrogen) atoms. The first-order chi connectivity index (χ1) is 9.97. The third-order valence-corrected chi connectivity index (χ3v) is 4.15. The van der Waals surface area contributed by atoms with Crippen molar-refractivity contribution >= 4 is 21.4 Å². The minimum absolute atomic E-state index is 0.0701. The van der Waals surface area contributed by atoms with Crippen molar-refractivity contribution < 1.29 is 0 Å². The van der Waals surface area contributed by atoms with Crippen LogP contribution in [0.25, 0.3) is 10.1 Å². The maximum absolute atomic E-state index is 3.53. The minimum Gasteiger partial charge on any atom is -0.307 e. The fraction of sp³-hybridized carbons (Fsp3) is 0.368. The van der Waals surface area contributed by atoms with Gasteiger partial charge in [0.25, 0.3) is 0 Å². The molecule has 1 nitrogen and oxygen atoms in total. The number of hydrogen-bond donors (Lipinski definition) is 1. The average molecular weight is 297 g/mol. The molecule has 0 bridgehead atoms. The van der Waals surface area contributed by atoms with Gasteiger partial charge in [-0.05, 0) is 56.2 Å². The molecule has 0 aliphatic rings. The lowest BCUT2D eigenvalue weighted by molar-refractivity contribution is 0.571. The molecule has 110 valence electrons. The number of thiophene rings is 1. The van der Waals surface area contributed by atoms with Crippen molar-refractivity contribution in [3.05, 3.63) is 47.4 Å². The molecule has 1 heterocycles. The van der Waals surface area contributed by atoms with Gasteiger partial charge in [0.15, 0.2) is 0 Å². The highest BCUT2D eigenvalue weighted by Crippen LogP contribution is 2.29. The van der Waals surface area contributed by atoms with E-state index in [-0.39, 0.29) is 5.41 Å². The first-order valence-corrected chi connectivity index (χ1v) is 8.22. The second-order valence-corrected chi connectivity index (χ2v) is 7.15. The van der Waals surface area contributed by atoms with E-state index in [1.54, 1.807) is 0 Å². The molecular formula is C19H23NS. The second kappa shape index (κ2) is 6.93. The molecule has 0 saturated heterocycles. The zero-order chi connectivity index (χ0) is 15.3. The Morgan fingerprint density at radius 3 is 2.81 bits per heavy atom. The molecule has 1 aromatic heterocycles. The van der Waals surface area contributed by atoms with Gasteiger partial charge in [-0.25, -0.2) is 0 Å². The van der Waals surface area contributed by atoms with Crippen LogP contribution < -0.4 is 5.32 Å². The topological polar surface area (TPSA) is 12.0 Å². The van der Waals surface area contributed by atoms with Crippen molar-refractivity contribution in [1.29, 1.82) is 0 Å². The largest absolute Gasteiger partial charge is 0.307 e. The molecule has 1 atom stereocenters. The number of allylic oxidation sites excluding steroid dienone is 1. The van der Waals surface area contributed by atoms with Gasteiger partial charge in [0.1, 0.15) is 0 Å². The van der Waals surface area contributed by atoms with Crippen molar-refractivity contribution in [1.82, 2.24) is 5.32 Å². The summed E-state index contributed by atoms with van der Waals surface area (Å²) < 4.78 is 1.35. The Hall–Kier alpha value is -1.56. The highest BCUT2D eigenvalue weighted by molar-refractivity contribution is 7.17. The van der Waals surface area contributed by atoms with E-state index in [0.29, 0.717) is 6.04 Å². The van der Waals surface area contributed by atoms with Gasteiger partial charge in [0.2, 0.25) is 0 Å². The van der Waals surface area contributed by atoms with Gasteiger partial charge in [-0.2, -0.15) is 0 Å². The molecule has 1 aromatic carbocycles. The van der Waals surface area contributed by atoms with E-state index in [1.165, 1.54) is 15.6 Å². The third kappa shape index (κ3) is 4.74. The average Bonchev–Trinajstić information content (AvgIpc) is 2.85. The molecule has 0 unspecified atom stereocenters. The highest BCUT2D eigenvalue weighted by atomic mass is 32.1. The molecule has 0 aliphatic heterocycles. The van der Waals surface area contributed by atoms with Crippen LogP contribution >= 0.6 is 11.3 Å². The minimum atomic E-state index is 0.0701. The third-order valence-electron chi connectivity index (χ3n) is 3.17. The van der Waals surface area contributed by atoms with E-state index in [0.717, 1.165) is 6.54 Å². The van der Waals surface area contributed by atoms with Gasteiger partial charge in [0, 0.05) is 22.7 Å². The van der Waals surface area contributed by atoms with E-state index in [2.05, 4.69) is 80.6 Å². The van der Waals surface area contributed by atoms with Gasteiger partial charge in [0.05, 0.1) is 0 Å². The molecule has 2 rings (SSSR count). The van der Waals surface area contributed by atoms with Crippen LogP contribution in [0.4, 0.5) is 0 Å². The van der Waals surface area contributed by atoms with Gasteiger partial charge < -0.3 is 5.32 Å². The Kier molecular flexibility index (Phi) is 5.22. The molecule has 2 heteroatoms. The van der Waals surface area contributed by atoms with Crippen LogP contribution in [0.3, 0.4) is 0 Å². The molecular weight excluding hydrogens is 274 g/mol. The highest BCUT2D eigenvalue weighted by Gasteiger charge is 2.09. The Labute approximate surface area is 132 Å². The number of rotatable bonds is 4. The van der Waals surface area contributed by atoms with Crippen LogP contribution in [-0.4, -0.2) is 6.54 Å². The Morgan fingerprint density at radius 2 is 2.05 bits per heavy atom. The number of nitrogens with one attached hydrogen (secondary N) is 1. The van der Waals surface area contributed by atoms with Crippen molar-refractivity contribution in [3.8, 4) is 11.8 Å². The summed E-state index contributed by atoms with van der Waals surface area (Å²) in [5, 5.41) is 7.14. The molecule has 1 N–H and O–H groups in total. The SMILES string of the molecule is C[C@@H](NC/C=C\C#CC(C)(C)C)c1csc2ccccc12. The lowest BCUT2D eigenvalue weighted by Gasteiger charge is -2.11. The first kappa shape index (κ1) is 15.8. The van der Waals surface area contributed by atoms with E-state index >= 15 is 0 Å². The zero-order valence-corrected chi connectivity index (χ0v) is 14.1. The Bertz CT molecular complexity index is 677. The molecule has 2 aromatic rings. The predicted octanol–water partition coefficient (Wildman–Crippen LogP) is 5.16. The molecule has 0 fully saturated rings. The van der Waals surface area contributed by atoms with Gasteiger partial charge in [-0.15, -0.1) is 11.3 Å². The summed E-state index contributed by atoms with van der Waals surface area (Å²) in [6.45, 7) is 9.41. The fourth-order valence-electron chi connectivity index (χ4n) is 2.06. The monoisotopic (exact) mass is 297 g/mol. The summed E-state index contributed by atoms with van der Waals surface area (Å²) in [5.41, 5.74) is 1.45. The van der Waals surface area contributed by atoms with Crippen molar-refractivity contribution in [2.75, 3.05) is 6.54 Å². The van der Waals surface area contributed by atoms with Crippen LogP contribution in [0, 0.1) is 17.3 Å². The fourth-order valence-corrected chi connectivity index (χ4v) is 3.12. The van der Waals surface area contributed by atoms with Crippen LogP contribution in [0.15, 0.2) is 41.8 Å². The Balaban J connectivity index is 1.92. The standard InChI is InChI=1S/C19H23NS/c1-15(20-13-9-5-8-12-19(2,3)4)17-14-21-18-11-7-6-10-16(17)18/h5-7,9-11,14-15,20H,13H2,1-4H3/b9-5-/t15-/m1/s1. The number of fused-ring (bicyclic) bond motifs is 1. The van der Waals surface area contributed by atoms with Crippen molar-refractivity contribution in [2.45, 2.75) is 33.7 Å². The van der Waals surface area contributed by atoms with Gasteiger partial charge >= 0.3 is 0 Å². The number of hydrogen-bond acceptors (Lipinski definition) is 2. The first-order valence-electron chi connectivity index (χ1n) is 7.34. The van der Waals surface area contributed by atoms with E-state index in [1.807, 2.05) is 17.4 Å². The normalized spacial score (nSPS) is 13.3. The predicted molar refractivity (Wildman–Crippen MR) is 94.6 cm³/mol. The molecule has 0 spiro atoms. The quantitative estimate of drug-likeness (QED) is 0.769. The van der Waals surface area contributed by atoms with E-state index in [4.69, 9.17) is 0 Å². The smallest absolute Gasteiger partial charge is 0.0346 e. The summed E-state index contributed by atoms with van der Waals surface area (Å²) in [7, 11) is 0. The molecule has 0 saturated carbocycles. The van der Waals surface area contributed by atoms with E-state index < -0.39 is 0 Å². The van der Waals surface area contributed by atoms with E-state index in [9.17, 15) is 0 Å². The summed E-state index contributed by atoms with van der Waals surface area (Å²) in [6, 6.07) is 8.92. The zero-order valence-electron chi connectivity index (χ0n) is 13.2. The summed E-state index contributed by atoms with van der Waals surface area (Å²) >= 11 is 1.81. The van der Waals surface area contributed by atoms with Gasteiger partial charge in [-0.1, -0.05) is 36.1 Å². The summed E-state index contributed by atoms with van der Waals surface area (Å²) in [6.07, 6.45) is 4.03. The van der Waals surface area contributed by atoms with Crippen LogP contribution in [-0.2, 0) is 0 Å². The summed E-state index contributed by atoms with van der Waals surface area (Å²) in [5.74, 6) is 6.29. The second-order valence-electron chi connectivity index (χ2n) is 6.24. The van der Waals surface area contributed by atoms with Crippen LogP contribution in [0.1, 0.15) is 39.3 Å². The van der Waals surface area contributed by atoms with Gasteiger partial charge in [-0.3, -0.25) is 0 Å². The lowest BCUT2D eigenvalue weighted by atomic mass is 9.98. The summed E-state index contributed by atoms with van der Waals surface area (Å²) in [4.78, 5) is 0. The van der Waals surface area contributed by atoms with Crippen LogP contribution in [0.2, 0.25) is 0 Å². The molecule has 0 amide bonds. The van der Waals surface area contributed by atoms with Crippen molar-refractivity contribution in [3.63, 3.8) is 0 Å². The molecule has 0 aliphatic carbocycles. The number of benzene rings is 1. The van der Waals surface area contributed by atoms with Crippen LogP contribution in [0.5, 0.6) is 0 Å².